The Bertz CT molecular complexity index is 321. The lowest BCUT2D eigenvalue weighted by Crippen LogP contribution is -2.14. The standard InChI is InChI=1S/C14H20Cl/c1-5-6-8-11-12(14(2,3)4)9-7-10-13(11)15/h7,9-10H,1,5-6,8H2,2-4H3. The molecule has 0 atom stereocenters. The summed E-state index contributed by atoms with van der Waals surface area (Å²) in [4.78, 5) is 0. The fourth-order valence-corrected chi connectivity index (χ4v) is 2.09. The molecule has 0 fully saturated rings. The van der Waals surface area contributed by atoms with Crippen LogP contribution in [0.15, 0.2) is 18.2 Å². The third-order valence-corrected chi connectivity index (χ3v) is 2.96. The molecule has 0 saturated heterocycles. The second-order valence-electron chi connectivity index (χ2n) is 4.97. The minimum atomic E-state index is 0.168. The van der Waals surface area contributed by atoms with Crippen molar-refractivity contribution in [3.63, 3.8) is 0 Å². The van der Waals surface area contributed by atoms with Crippen molar-refractivity contribution in [1.82, 2.24) is 0 Å². The van der Waals surface area contributed by atoms with Gasteiger partial charge in [0.15, 0.2) is 0 Å². The number of hydrogen-bond donors (Lipinski definition) is 0. The summed E-state index contributed by atoms with van der Waals surface area (Å²) in [6.07, 6.45) is 3.11. The fraction of sp³-hybridized carbons (Fsp3) is 0.500. The van der Waals surface area contributed by atoms with E-state index in [2.05, 4.69) is 33.8 Å². The quantitative estimate of drug-likeness (QED) is 0.691. The molecule has 0 N–H and O–H groups in total. The monoisotopic (exact) mass is 223 g/mol. The van der Waals surface area contributed by atoms with Crippen LogP contribution in [0.2, 0.25) is 5.02 Å². The fourth-order valence-electron chi connectivity index (χ4n) is 1.82. The van der Waals surface area contributed by atoms with Gasteiger partial charge >= 0.3 is 0 Å². The second kappa shape index (κ2) is 5.03. The minimum absolute atomic E-state index is 0.168. The lowest BCUT2D eigenvalue weighted by molar-refractivity contribution is 0.580. The van der Waals surface area contributed by atoms with Gasteiger partial charge in [-0.1, -0.05) is 57.8 Å². The predicted octanol–water partition coefficient (Wildman–Crippen LogP) is 4.79. The van der Waals surface area contributed by atoms with Crippen LogP contribution in [0.5, 0.6) is 0 Å². The lowest BCUT2D eigenvalue weighted by atomic mass is 9.82. The molecule has 0 bridgehead atoms. The molecule has 1 radical (unpaired) electrons. The van der Waals surface area contributed by atoms with E-state index in [1.54, 1.807) is 0 Å². The van der Waals surface area contributed by atoms with E-state index in [9.17, 15) is 0 Å². The molecule has 0 aliphatic heterocycles. The zero-order valence-corrected chi connectivity index (χ0v) is 10.7. The van der Waals surface area contributed by atoms with E-state index in [1.165, 1.54) is 11.1 Å². The van der Waals surface area contributed by atoms with Crippen LogP contribution in [0.3, 0.4) is 0 Å². The Morgan fingerprint density at radius 1 is 1.27 bits per heavy atom. The molecule has 0 aromatic heterocycles. The number of hydrogen-bond acceptors (Lipinski definition) is 0. The largest absolute Gasteiger partial charge is 0.0840 e. The Morgan fingerprint density at radius 2 is 1.93 bits per heavy atom. The first-order valence-corrected chi connectivity index (χ1v) is 5.91. The Morgan fingerprint density at radius 3 is 2.47 bits per heavy atom. The van der Waals surface area contributed by atoms with Gasteiger partial charge in [0.1, 0.15) is 0 Å². The maximum Gasteiger partial charge on any atom is 0.0440 e. The normalized spacial score (nSPS) is 11.8. The highest BCUT2D eigenvalue weighted by Crippen LogP contribution is 2.31. The van der Waals surface area contributed by atoms with Crippen molar-refractivity contribution in [2.45, 2.75) is 45.4 Å². The number of rotatable bonds is 3. The van der Waals surface area contributed by atoms with Gasteiger partial charge in [-0.25, -0.2) is 0 Å². The van der Waals surface area contributed by atoms with E-state index >= 15 is 0 Å². The van der Waals surface area contributed by atoms with Gasteiger partial charge < -0.3 is 0 Å². The molecule has 0 aliphatic carbocycles. The molecule has 1 rings (SSSR count). The van der Waals surface area contributed by atoms with Gasteiger partial charge in [0.25, 0.3) is 0 Å². The first kappa shape index (κ1) is 12.6. The Labute approximate surface area is 98.7 Å². The molecule has 0 nitrogen and oxygen atoms in total. The zero-order valence-electron chi connectivity index (χ0n) is 9.94. The first-order chi connectivity index (χ1) is 6.96. The second-order valence-corrected chi connectivity index (χ2v) is 5.38. The van der Waals surface area contributed by atoms with Gasteiger partial charge in [0.05, 0.1) is 0 Å². The third-order valence-electron chi connectivity index (χ3n) is 2.60. The Balaban J connectivity index is 3.09. The van der Waals surface area contributed by atoms with E-state index < -0.39 is 0 Å². The van der Waals surface area contributed by atoms with Crippen molar-refractivity contribution < 1.29 is 0 Å². The van der Waals surface area contributed by atoms with E-state index in [1.807, 2.05) is 12.1 Å². The number of halogens is 1. The van der Waals surface area contributed by atoms with Crippen molar-refractivity contribution >= 4 is 11.6 Å². The van der Waals surface area contributed by atoms with Gasteiger partial charge in [-0.2, -0.15) is 0 Å². The maximum atomic E-state index is 6.25. The summed E-state index contributed by atoms with van der Waals surface area (Å²) < 4.78 is 0. The average molecular weight is 224 g/mol. The van der Waals surface area contributed by atoms with Crippen molar-refractivity contribution in [2.24, 2.45) is 0 Å². The summed E-state index contributed by atoms with van der Waals surface area (Å²) >= 11 is 6.25. The van der Waals surface area contributed by atoms with E-state index in [-0.39, 0.29) is 5.41 Å². The topological polar surface area (TPSA) is 0 Å². The molecule has 1 aromatic rings. The van der Waals surface area contributed by atoms with Crippen LogP contribution in [0.1, 0.15) is 44.7 Å². The van der Waals surface area contributed by atoms with Crippen LogP contribution in [0.25, 0.3) is 0 Å². The Hall–Kier alpha value is -0.490. The van der Waals surface area contributed by atoms with Gasteiger partial charge in [-0.15, -0.1) is 0 Å². The zero-order chi connectivity index (χ0) is 11.5. The molecule has 0 saturated carbocycles. The lowest BCUT2D eigenvalue weighted by Gasteiger charge is -2.23. The summed E-state index contributed by atoms with van der Waals surface area (Å²) in [7, 11) is 0. The molecule has 1 heteroatoms. The summed E-state index contributed by atoms with van der Waals surface area (Å²) in [5.41, 5.74) is 2.83. The number of unbranched alkanes of at least 4 members (excludes halogenated alkanes) is 1. The van der Waals surface area contributed by atoms with Crippen LogP contribution in [-0.4, -0.2) is 0 Å². The molecule has 0 aliphatic rings. The SMILES string of the molecule is [CH2]CCCc1c(Cl)cccc1C(C)(C)C. The Kier molecular flexibility index (Phi) is 4.21. The maximum absolute atomic E-state index is 6.25. The van der Waals surface area contributed by atoms with Gasteiger partial charge in [-0.05, 0) is 35.4 Å². The molecule has 15 heavy (non-hydrogen) atoms. The van der Waals surface area contributed by atoms with Crippen LogP contribution < -0.4 is 0 Å². The highest BCUT2D eigenvalue weighted by Gasteiger charge is 2.18. The van der Waals surface area contributed by atoms with E-state index in [0.29, 0.717) is 0 Å². The van der Waals surface area contributed by atoms with Crippen LogP contribution in [-0.2, 0) is 11.8 Å². The van der Waals surface area contributed by atoms with Crippen LogP contribution in [0, 0.1) is 6.92 Å². The molecule has 83 valence electrons. The van der Waals surface area contributed by atoms with Crippen molar-refractivity contribution in [1.29, 1.82) is 0 Å². The van der Waals surface area contributed by atoms with Crippen molar-refractivity contribution in [2.75, 3.05) is 0 Å². The molecular formula is C14H20Cl. The van der Waals surface area contributed by atoms with Gasteiger partial charge in [0.2, 0.25) is 0 Å². The molecule has 0 spiro atoms. The van der Waals surface area contributed by atoms with Crippen LogP contribution >= 0.6 is 11.6 Å². The van der Waals surface area contributed by atoms with Crippen molar-refractivity contribution in [3.05, 3.63) is 41.3 Å². The molecular weight excluding hydrogens is 204 g/mol. The van der Waals surface area contributed by atoms with Gasteiger partial charge in [0, 0.05) is 5.02 Å². The average Bonchev–Trinajstić information content (AvgIpc) is 2.14. The van der Waals surface area contributed by atoms with E-state index in [0.717, 1.165) is 24.3 Å². The minimum Gasteiger partial charge on any atom is -0.0840 e. The third kappa shape index (κ3) is 3.24. The summed E-state index contributed by atoms with van der Waals surface area (Å²) in [5.74, 6) is 0. The first-order valence-electron chi connectivity index (χ1n) is 5.54. The van der Waals surface area contributed by atoms with Crippen molar-refractivity contribution in [3.8, 4) is 0 Å². The molecule has 1 aromatic carbocycles. The highest BCUT2D eigenvalue weighted by atomic mass is 35.5. The van der Waals surface area contributed by atoms with Gasteiger partial charge in [-0.3, -0.25) is 0 Å². The molecule has 0 amide bonds. The summed E-state index contributed by atoms with van der Waals surface area (Å²) in [6, 6.07) is 6.20. The predicted molar refractivity (Wildman–Crippen MR) is 68.4 cm³/mol. The van der Waals surface area contributed by atoms with Crippen LogP contribution in [0.4, 0.5) is 0 Å². The smallest absolute Gasteiger partial charge is 0.0440 e. The molecule has 0 unspecified atom stereocenters. The molecule has 0 heterocycles. The summed E-state index contributed by atoms with van der Waals surface area (Å²) in [6.45, 7) is 10.6. The van der Waals surface area contributed by atoms with E-state index in [4.69, 9.17) is 11.6 Å². The number of benzene rings is 1. The highest BCUT2D eigenvalue weighted by molar-refractivity contribution is 6.31. The summed E-state index contributed by atoms with van der Waals surface area (Å²) in [5, 5.41) is 0.899.